The number of ether oxygens (including phenoxy) is 3. The van der Waals surface area contributed by atoms with Gasteiger partial charge in [-0.15, -0.1) is 0 Å². The van der Waals surface area contributed by atoms with E-state index in [-0.39, 0.29) is 31.0 Å². The van der Waals surface area contributed by atoms with Gasteiger partial charge in [0.15, 0.2) is 11.5 Å². The number of carbonyl (C=O) groups is 2. The Labute approximate surface area is 211 Å². The van der Waals surface area contributed by atoms with Gasteiger partial charge in [-0.1, -0.05) is 43.5 Å². The molecule has 0 aromatic heterocycles. The van der Waals surface area contributed by atoms with Gasteiger partial charge in [0.25, 0.3) is 5.91 Å². The summed E-state index contributed by atoms with van der Waals surface area (Å²) in [4.78, 5) is 29.1. The summed E-state index contributed by atoms with van der Waals surface area (Å²) in [5, 5.41) is 3.16. The van der Waals surface area contributed by atoms with E-state index in [2.05, 4.69) is 5.32 Å². The number of halogens is 1. The van der Waals surface area contributed by atoms with Crippen molar-refractivity contribution in [2.75, 3.05) is 26.4 Å². The Kier molecular flexibility index (Phi) is 9.17. The molecule has 36 heavy (non-hydrogen) atoms. The summed E-state index contributed by atoms with van der Waals surface area (Å²) in [5.74, 6) is 0.0421. The van der Waals surface area contributed by atoms with Gasteiger partial charge in [0, 0.05) is 25.8 Å². The van der Waals surface area contributed by atoms with Gasteiger partial charge < -0.3 is 24.4 Å². The van der Waals surface area contributed by atoms with Crippen molar-refractivity contribution in [1.29, 1.82) is 0 Å². The summed E-state index contributed by atoms with van der Waals surface area (Å²) < 4.78 is 31.0. The van der Waals surface area contributed by atoms with Gasteiger partial charge in [0.05, 0.1) is 0 Å². The third kappa shape index (κ3) is 6.55. The fourth-order valence-electron chi connectivity index (χ4n) is 4.82. The molecule has 2 atom stereocenters. The van der Waals surface area contributed by atoms with E-state index in [1.807, 2.05) is 19.1 Å². The Morgan fingerprint density at radius 1 is 1.08 bits per heavy atom. The zero-order chi connectivity index (χ0) is 25.3. The van der Waals surface area contributed by atoms with Crippen LogP contribution >= 0.6 is 0 Å². The highest BCUT2D eigenvalue weighted by Gasteiger charge is 2.38. The third-order valence-corrected chi connectivity index (χ3v) is 6.66. The second kappa shape index (κ2) is 12.7. The number of nitrogens with one attached hydrogen (secondary N) is 1. The van der Waals surface area contributed by atoms with E-state index in [9.17, 15) is 14.0 Å². The number of hydrogen-bond acceptors (Lipinski definition) is 5. The van der Waals surface area contributed by atoms with Crippen LogP contribution in [0, 0.1) is 5.82 Å². The Bertz CT molecular complexity index is 1010. The molecule has 0 spiro atoms. The molecule has 1 heterocycles. The Morgan fingerprint density at radius 3 is 2.53 bits per heavy atom. The molecule has 1 fully saturated rings. The highest BCUT2D eigenvalue weighted by Crippen LogP contribution is 2.33. The molecule has 2 aromatic rings. The maximum atomic E-state index is 13.9. The molecule has 2 amide bonds. The second-order valence-electron chi connectivity index (χ2n) is 9.24. The van der Waals surface area contributed by atoms with Crippen LogP contribution in [0.4, 0.5) is 4.39 Å². The van der Waals surface area contributed by atoms with Crippen LogP contribution in [0.1, 0.15) is 57.1 Å². The van der Waals surface area contributed by atoms with Crippen molar-refractivity contribution in [3.05, 3.63) is 59.9 Å². The zero-order valence-corrected chi connectivity index (χ0v) is 20.8. The highest BCUT2D eigenvalue weighted by atomic mass is 19.1. The molecular formula is C28H35FN2O5. The van der Waals surface area contributed by atoms with Crippen LogP contribution in [-0.2, 0) is 14.3 Å². The van der Waals surface area contributed by atoms with Gasteiger partial charge in [0.1, 0.15) is 18.5 Å². The molecular weight excluding hydrogens is 463 g/mol. The summed E-state index contributed by atoms with van der Waals surface area (Å²) in [7, 11) is 0. The van der Waals surface area contributed by atoms with Crippen molar-refractivity contribution in [1.82, 2.24) is 10.2 Å². The molecule has 1 N–H and O–H groups in total. The number of amides is 2. The van der Waals surface area contributed by atoms with Crippen molar-refractivity contribution < 1.29 is 28.2 Å². The van der Waals surface area contributed by atoms with Crippen LogP contribution < -0.4 is 14.8 Å². The molecule has 2 aliphatic rings. The predicted octanol–water partition coefficient (Wildman–Crippen LogP) is 4.41. The molecule has 8 heteroatoms. The third-order valence-electron chi connectivity index (χ3n) is 6.66. The SMILES string of the molecule is CCOCCCN(C(=O)[C@H]1COc2ccccc2O1)[C@H](C(=O)NC1CCCCC1)c1ccc(F)cc1. The zero-order valence-electron chi connectivity index (χ0n) is 20.8. The molecule has 0 saturated heterocycles. The largest absolute Gasteiger partial charge is 0.485 e. The standard InChI is InChI=1S/C28H35FN2O5/c1-2-34-18-8-17-31(28(33)25-19-35-23-11-6-7-12-24(23)36-25)26(20-13-15-21(29)16-14-20)27(32)30-22-9-4-3-5-10-22/h6-7,11-16,22,25-26H,2-5,8-10,17-19H2,1H3,(H,30,32)/t25-,26+/m1/s1. The maximum Gasteiger partial charge on any atom is 0.268 e. The molecule has 1 saturated carbocycles. The summed E-state index contributed by atoms with van der Waals surface area (Å²) >= 11 is 0. The number of rotatable bonds is 10. The van der Waals surface area contributed by atoms with E-state index in [1.165, 1.54) is 17.0 Å². The van der Waals surface area contributed by atoms with Crippen LogP contribution in [0.25, 0.3) is 0 Å². The normalized spacial score (nSPS) is 18.3. The number of benzene rings is 2. The number of para-hydroxylation sites is 2. The number of nitrogens with zero attached hydrogens (tertiary/aromatic N) is 1. The van der Waals surface area contributed by atoms with Crippen LogP contribution in [0.15, 0.2) is 48.5 Å². The lowest BCUT2D eigenvalue weighted by Crippen LogP contribution is -2.52. The minimum Gasteiger partial charge on any atom is -0.485 e. The Hall–Kier alpha value is -3.13. The Morgan fingerprint density at radius 2 is 1.81 bits per heavy atom. The van der Waals surface area contributed by atoms with E-state index >= 15 is 0 Å². The lowest BCUT2D eigenvalue weighted by atomic mass is 9.94. The number of fused-ring (bicyclic) bond motifs is 1. The minimum atomic E-state index is -0.928. The van der Waals surface area contributed by atoms with E-state index in [0.29, 0.717) is 36.7 Å². The van der Waals surface area contributed by atoms with Crippen LogP contribution in [0.2, 0.25) is 0 Å². The second-order valence-corrected chi connectivity index (χ2v) is 9.24. The molecule has 0 radical (unpaired) electrons. The lowest BCUT2D eigenvalue weighted by molar-refractivity contribution is -0.149. The quantitative estimate of drug-likeness (QED) is 0.491. The summed E-state index contributed by atoms with van der Waals surface area (Å²) in [6.07, 6.45) is 4.75. The van der Waals surface area contributed by atoms with Gasteiger partial charge >= 0.3 is 0 Å². The molecule has 0 unspecified atom stereocenters. The van der Waals surface area contributed by atoms with E-state index < -0.39 is 18.0 Å². The van der Waals surface area contributed by atoms with Crippen LogP contribution in [-0.4, -0.2) is 55.2 Å². The molecule has 0 bridgehead atoms. The molecule has 2 aromatic carbocycles. The molecule has 194 valence electrons. The number of carbonyl (C=O) groups excluding carboxylic acids is 2. The first-order valence-corrected chi connectivity index (χ1v) is 12.9. The number of hydrogen-bond donors (Lipinski definition) is 1. The first kappa shape index (κ1) is 25.9. The van der Waals surface area contributed by atoms with Gasteiger partial charge in [-0.2, -0.15) is 0 Å². The van der Waals surface area contributed by atoms with Crippen LogP contribution in [0.5, 0.6) is 11.5 Å². The first-order valence-electron chi connectivity index (χ1n) is 12.9. The topological polar surface area (TPSA) is 77.1 Å². The summed E-state index contributed by atoms with van der Waals surface area (Å²) in [6.45, 7) is 3.24. The monoisotopic (exact) mass is 498 g/mol. The fourth-order valence-corrected chi connectivity index (χ4v) is 4.82. The fraction of sp³-hybridized carbons (Fsp3) is 0.500. The van der Waals surface area contributed by atoms with Crippen molar-refractivity contribution in [3.63, 3.8) is 0 Å². The molecule has 1 aliphatic heterocycles. The van der Waals surface area contributed by atoms with Crippen molar-refractivity contribution >= 4 is 11.8 Å². The highest BCUT2D eigenvalue weighted by molar-refractivity contribution is 5.91. The molecule has 1 aliphatic carbocycles. The van der Waals surface area contributed by atoms with Crippen molar-refractivity contribution in [2.24, 2.45) is 0 Å². The van der Waals surface area contributed by atoms with Gasteiger partial charge in [-0.25, -0.2) is 4.39 Å². The average molecular weight is 499 g/mol. The van der Waals surface area contributed by atoms with E-state index in [1.54, 1.807) is 24.3 Å². The van der Waals surface area contributed by atoms with E-state index in [4.69, 9.17) is 14.2 Å². The lowest BCUT2D eigenvalue weighted by Gasteiger charge is -2.36. The van der Waals surface area contributed by atoms with E-state index in [0.717, 1.165) is 32.1 Å². The average Bonchev–Trinajstić information content (AvgIpc) is 2.91. The predicted molar refractivity (Wildman–Crippen MR) is 133 cm³/mol. The van der Waals surface area contributed by atoms with Gasteiger partial charge in [-0.05, 0) is 56.0 Å². The molecule has 4 rings (SSSR count). The molecule has 7 nitrogen and oxygen atoms in total. The first-order chi connectivity index (χ1) is 17.6. The Balaban J connectivity index is 1.61. The van der Waals surface area contributed by atoms with Crippen molar-refractivity contribution in [2.45, 2.75) is 63.6 Å². The smallest absolute Gasteiger partial charge is 0.268 e. The van der Waals surface area contributed by atoms with Crippen LogP contribution in [0.3, 0.4) is 0 Å². The summed E-state index contributed by atoms with van der Waals surface area (Å²) in [5.41, 5.74) is 0.548. The van der Waals surface area contributed by atoms with Crippen molar-refractivity contribution in [3.8, 4) is 11.5 Å². The summed E-state index contributed by atoms with van der Waals surface area (Å²) in [6, 6.07) is 12.1. The van der Waals surface area contributed by atoms with Gasteiger partial charge in [0.2, 0.25) is 12.0 Å². The minimum absolute atomic E-state index is 0.0399. The van der Waals surface area contributed by atoms with Gasteiger partial charge in [-0.3, -0.25) is 9.59 Å². The maximum absolute atomic E-state index is 13.9.